The lowest BCUT2D eigenvalue weighted by Crippen LogP contribution is -2.37. The van der Waals surface area contributed by atoms with Crippen molar-refractivity contribution in [2.24, 2.45) is 0 Å². The number of H-pyrrole nitrogens is 1. The molecule has 1 aromatic heterocycles. The number of hydrogen-bond acceptors (Lipinski definition) is 1. The zero-order chi connectivity index (χ0) is 13.2. The second kappa shape index (κ2) is 5.08. The van der Waals surface area contributed by atoms with E-state index in [2.05, 4.69) is 35.4 Å². The smallest absolute Gasteiger partial charge is 0.222 e. The first-order valence-electron chi connectivity index (χ1n) is 7.13. The van der Waals surface area contributed by atoms with Gasteiger partial charge in [-0.3, -0.25) is 4.79 Å². The van der Waals surface area contributed by atoms with Gasteiger partial charge in [0.1, 0.15) is 0 Å². The molecule has 3 nitrogen and oxygen atoms in total. The van der Waals surface area contributed by atoms with Crippen molar-refractivity contribution in [3.05, 3.63) is 36.0 Å². The lowest BCUT2D eigenvalue weighted by Gasteiger charge is -2.31. The molecule has 0 bridgehead atoms. The maximum absolute atomic E-state index is 11.7. The van der Waals surface area contributed by atoms with Crippen LogP contribution in [0.3, 0.4) is 0 Å². The monoisotopic (exact) mass is 256 g/mol. The van der Waals surface area contributed by atoms with Gasteiger partial charge >= 0.3 is 0 Å². The first kappa shape index (κ1) is 12.3. The Hall–Kier alpha value is -1.77. The van der Waals surface area contributed by atoms with Gasteiger partial charge in [0.05, 0.1) is 0 Å². The number of para-hydroxylation sites is 1. The van der Waals surface area contributed by atoms with Crippen molar-refractivity contribution in [1.82, 2.24) is 9.88 Å². The summed E-state index contributed by atoms with van der Waals surface area (Å²) in [6, 6.07) is 8.46. The molecule has 1 saturated heterocycles. The molecule has 0 radical (unpaired) electrons. The fraction of sp³-hybridized carbons (Fsp3) is 0.438. The van der Waals surface area contributed by atoms with Gasteiger partial charge in [-0.05, 0) is 30.4 Å². The summed E-state index contributed by atoms with van der Waals surface area (Å²) in [5.41, 5.74) is 2.63. The number of benzene rings is 1. The number of amides is 1. The van der Waals surface area contributed by atoms with E-state index in [1.807, 2.05) is 11.8 Å². The third kappa shape index (κ3) is 2.25. The van der Waals surface area contributed by atoms with Crippen molar-refractivity contribution in [3.63, 3.8) is 0 Å². The minimum absolute atomic E-state index is 0.289. The first-order valence-corrected chi connectivity index (χ1v) is 7.13. The number of aromatic amines is 1. The predicted octanol–water partition coefficient (Wildman–Crippen LogP) is 3.28. The van der Waals surface area contributed by atoms with Gasteiger partial charge in [0.25, 0.3) is 0 Å². The molecule has 0 unspecified atom stereocenters. The van der Waals surface area contributed by atoms with Crippen molar-refractivity contribution in [1.29, 1.82) is 0 Å². The maximum atomic E-state index is 11.7. The largest absolute Gasteiger partial charge is 0.361 e. The van der Waals surface area contributed by atoms with Gasteiger partial charge in [-0.2, -0.15) is 0 Å². The van der Waals surface area contributed by atoms with Crippen LogP contribution < -0.4 is 0 Å². The highest BCUT2D eigenvalue weighted by molar-refractivity contribution is 5.83. The fourth-order valence-electron chi connectivity index (χ4n) is 3.10. The van der Waals surface area contributed by atoms with E-state index in [-0.39, 0.29) is 5.91 Å². The van der Waals surface area contributed by atoms with E-state index in [0.717, 1.165) is 25.9 Å². The van der Waals surface area contributed by atoms with E-state index in [1.165, 1.54) is 16.5 Å². The Morgan fingerprint density at radius 2 is 2.05 bits per heavy atom. The second-order valence-electron chi connectivity index (χ2n) is 5.30. The van der Waals surface area contributed by atoms with Crippen molar-refractivity contribution < 1.29 is 4.79 Å². The molecule has 0 spiro atoms. The molecule has 0 atom stereocenters. The summed E-state index contributed by atoms with van der Waals surface area (Å²) in [4.78, 5) is 17.0. The van der Waals surface area contributed by atoms with E-state index in [0.29, 0.717) is 12.3 Å². The van der Waals surface area contributed by atoms with Crippen LogP contribution in [0.25, 0.3) is 10.9 Å². The van der Waals surface area contributed by atoms with Crippen molar-refractivity contribution in [2.45, 2.75) is 32.1 Å². The van der Waals surface area contributed by atoms with Crippen molar-refractivity contribution >= 4 is 16.8 Å². The minimum Gasteiger partial charge on any atom is -0.361 e. The molecule has 3 rings (SSSR count). The summed E-state index contributed by atoms with van der Waals surface area (Å²) in [7, 11) is 0. The van der Waals surface area contributed by atoms with Gasteiger partial charge < -0.3 is 9.88 Å². The highest BCUT2D eigenvalue weighted by Gasteiger charge is 2.24. The molecule has 0 saturated carbocycles. The van der Waals surface area contributed by atoms with Gasteiger partial charge in [0.2, 0.25) is 5.91 Å². The summed E-state index contributed by atoms with van der Waals surface area (Å²) in [5, 5.41) is 1.34. The molecule has 100 valence electrons. The molecule has 2 heterocycles. The molecule has 2 aromatic rings. The Morgan fingerprint density at radius 3 is 2.79 bits per heavy atom. The zero-order valence-corrected chi connectivity index (χ0v) is 11.4. The minimum atomic E-state index is 0.289. The molecule has 1 aliphatic rings. The Labute approximate surface area is 113 Å². The van der Waals surface area contributed by atoms with Crippen LogP contribution in [0, 0.1) is 0 Å². The molecule has 1 N–H and O–H groups in total. The Morgan fingerprint density at radius 1 is 1.32 bits per heavy atom. The lowest BCUT2D eigenvalue weighted by atomic mass is 9.89. The molecular weight excluding hydrogens is 236 g/mol. The molecule has 1 fully saturated rings. The molecule has 1 amide bonds. The lowest BCUT2D eigenvalue weighted by molar-refractivity contribution is -0.131. The molecule has 1 aromatic carbocycles. The number of fused-ring (bicyclic) bond motifs is 1. The zero-order valence-electron chi connectivity index (χ0n) is 11.4. The van der Waals surface area contributed by atoms with Gasteiger partial charge in [0.15, 0.2) is 0 Å². The number of likely N-dealkylation sites (tertiary alicyclic amines) is 1. The molecule has 3 heteroatoms. The fourth-order valence-corrected chi connectivity index (χ4v) is 3.10. The van der Waals surface area contributed by atoms with Crippen molar-refractivity contribution in [2.75, 3.05) is 13.1 Å². The van der Waals surface area contributed by atoms with E-state index >= 15 is 0 Å². The third-order valence-electron chi connectivity index (χ3n) is 4.21. The average molecular weight is 256 g/mol. The van der Waals surface area contributed by atoms with Crippen LogP contribution in [-0.2, 0) is 4.79 Å². The second-order valence-corrected chi connectivity index (χ2v) is 5.30. The van der Waals surface area contributed by atoms with Crippen LogP contribution in [0.15, 0.2) is 30.5 Å². The number of nitrogens with one attached hydrogen (secondary N) is 1. The van der Waals surface area contributed by atoms with Crippen LogP contribution in [0.5, 0.6) is 0 Å². The summed E-state index contributed by atoms with van der Waals surface area (Å²) in [6.07, 6.45) is 4.92. The highest BCUT2D eigenvalue weighted by atomic mass is 16.2. The molecule has 19 heavy (non-hydrogen) atoms. The third-order valence-corrected chi connectivity index (χ3v) is 4.21. The van der Waals surface area contributed by atoms with Crippen LogP contribution in [0.1, 0.15) is 37.7 Å². The number of hydrogen-bond donors (Lipinski definition) is 1. The van der Waals surface area contributed by atoms with Crippen molar-refractivity contribution in [3.8, 4) is 0 Å². The average Bonchev–Trinajstić information content (AvgIpc) is 2.90. The van der Waals surface area contributed by atoms with E-state index in [1.54, 1.807) is 0 Å². The predicted molar refractivity (Wildman–Crippen MR) is 77.1 cm³/mol. The van der Waals surface area contributed by atoms with E-state index in [4.69, 9.17) is 0 Å². The highest BCUT2D eigenvalue weighted by Crippen LogP contribution is 2.33. The van der Waals surface area contributed by atoms with Gasteiger partial charge in [-0.15, -0.1) is 0 Å². The number of carbonyl (C=O) groups is 1. The topological polar surface area (TPSA) is 36.1 Å². The first-order chi connectivity index (χ1) is 9.29. The van der Waals surface area contributed by atoms with Gasteiger partial charge in [-0.1, -0.05) is 25.1 Å². The van der Waals surface area contributed by atoms with Gasteiger partial charge in [0, 0.05) is 36.6 Å². The SMILES string of the molecule is CCC(=O)N1CCC(c2c[nH]c3ccccc23)CC1. The Bertz CT molecular complexity index is 579. The van der Waals surface area contributed by atoms with Crippen LogP contribution >= 0.6 is 0 Å². The standard InChI is InChI=1S/C16H20N2O/c1-2-16(19)18-9-7-12(8-10-18)14-11-17-15-6-4-3-5-13(14)15/h3-6,11-12,17H,2,7-10H2,1H3. The Balaban J connectivity index is 1.77. The number of nitrogens with zero attached hydrogens (tertiary/aromatic N) is 1. The summed E-state index contributed by atoms with van der Waals surface area (Å²) in [5.74, 6) is 0.870. The Kier molecular flexibility index (Phi) is 3.28. The van der Waals surface area contributed by atoms with Gasteiger partial charge in [-0.25, -0.2) is 0 Å². The molecule has 1 aliphatic heterocycles. The van der Waals surface area contributed by atoms with E-state index in [9.17, 15) is 4.79 Å². The number of aromatic nitrogens is 1. The van der Waals surface area contributed by atoms with Crippen LogP contribution in [0.4, 0.5) is 0 Å². The van der Waals surface area contributed by atoms with E-state index < -0.39 is 0 Å². The number of carbonyl (C=O) groups excluding carboxylic acids is 1. The quantitative estimate of drug-likeness (QED) is 0.879. The number of piperidine rings is 1. The van der Waals surface area contributed by atoms with Crippen LogP contribution in [0.2, 0.25) is 0 Å². The number of rotatable bonds is 2. The molecule has 0 aliphatic carbocycles. The summed E-state index contributed by atoms with van der Waals surface area (Å²) >= 11 is 0. The van der Waals surface area contributed by atoms with Crippen LogP contribution in [-0.4, -0.2) is 28.9 Å². The normalized spacial score (nSPS) is 17.0. The summed E-state index contributed by atoms with van der Waals surface area (Å²) in [6.45, 7) is 3.74. The maximum Gasteiger partial charge on any atom is 0.222 e. The molecular formula is C16H20N2O. The summed E-state index contributed by atoms with van der Waals surface area (Å²) < 4.78 is 0.